The summed E-state index contributed by atoms with van der Waals surface area (Å²) < 4.78 is 7.30. The summed E-state index contributed by atoms with van der Waals surface area (Å²) in [5, 5.41) is 6.96. The molecule has 0 bridgehead atoms. The highest BCUT2D eigenvalue weighted by Crippen LogP contribution is 2.26. The Bertz CT molecular complexity index is 789. The standard InChI is InChI=1S/C20H26N4O3/c1-15-4-5-18(12-16(15)2)24-14-17(13-19(24)25)20(26)21-7-10-27-11-9-23-8-3-6-22-23/h3-6,8,12,17H,7,9-11,13-14H2,1-2H3,(H,21,26)/t17-/m1/s1. The summed E-state index contributed by atoms with van der Waals surface area (Å²) in [6.45, 7) is 6.59. The highest BCUT2D eigenvalue weighted by Gasteiger charge is 2.35. The number of nitrogens with zero attached hydrogens (tertiary/aromatic N) is 3. The molecule has 7 heteroatoms. The van der Waals surface area contributed by atoms with Crippen LogP contribution in [0.2, 0.25) is 0 Å². The van der Waals surface area contributed by atoms with Crippen LogP contribution in [-0.2, 0) is 20.9 Å². The summed E-state index contributed by atoms with van der Waals surface area (Å²) >= 11 is 0. The van der Waals surface area contributed by atoms with Gasteiger partial charge in [-0.25, -0.2) is 0 Å². The molecule has 144 valence electrons. The minimum atomic E-state index is -0.316. The monoisotopic (exact) mass is 370 g/mol. The molecule has 0 aliphatic carbocycles. The molecule has 0 spiro atoms. The van der Waals surface area contributed by atoms with E-state index in [1.165, 1.54) is 5.56 Å². The smallest absolute Gasteiger partial charge is 0.227 e. The van der Waals surface area contributed by atoms with Crippen molar-refractivity contribution in [1.82, 2.24) is 15.1 Å². The van der Waals surface area contributed by atoms with Gasteiger partial charge in [-0.3, -0.25) is 14.3 Å². The summed E-state index contributed by atoms with van der Waals surface area (Å²) in [5.41, 5.74) is 3.19. The van der Waals surface area contributed by atoms with Gasteiger partial charge in [0.05, 0.1) is 25.7 Å². The minimum absolute atomic E-state index is 0.00567. The van der Waals surface area contributed by atoms with Crippen molar-refractivity contribution in [3.63, 3.8) is 0 Å². The predicted octanol–water partition coefficient (Wildman–Crippen LogP) is 1.69. The lowest BCUT2D eigenvalue weighted by atomic mass is 10.1. The Kier molecular flexibility index (Phi) is 6.24. The van der Waals surface area contributed by atoms with Crippen LogP contribution in [0, 0.1) is 19.8 Å². The van der Waals surface area contributed by atoms with Crippen molar-refractivity contribution in [2.24, 2.45) is 5.92 Å². The molecule has 1 saturated heterocycles. The van der Waals surface area contributed by atoms with Gasteiger partial charge >= 0.3 is 0 Å². The van der Waals surface area contributed by atoms with E-state index in [4.69, 9.17) is 4.74 Å². The molecule has 1 aliphatic heterocycles. The average molecular weight is 370 g/mol. The molecule has 1 atom stereocenters. The Morgan fingerprint density at radius 2 is 2.15 bits per heavy atom. The lowest BCUT2D eigenvalue weighted by Crippen LogP contribution is -2.35. The molecular formula is C20H26N4O3. The fourth-order valence-electron chi connectivity index (χ4n) is 3.11. The van der Waals surface area contributed by atoms with Crippen LogP contribution >= 0.6 is 0 Å². The summed E-state index contributed by atoms with van der Waals surface area (Å²) in [6, 6.07) is 7.81. The number of benzene rings is 1. The Labute approximate surface area is 159 Å². The number of amides is 2. The Balaban J connectivity index is 1.40. The molecule has 3 rings (SSSR count). The molecule has 1 N–H and O–H groups in total. The van der Waals surface area contributed by atoms with Crippen LogP contribution in [-0.4, -0.2) is 47.9 Å². The van der Waals surface area contributed by atoms with Crippen LogP contribution in [0.4, 0.5) is 5.69 Å². The molecule has 2 heterocycles. The number of hydrogen-bond acceptors (Lipinski definition) is 4. The van der Waals surface area contributed by atoms with E-state index in [1.54, 1.807) is 15.8 Å². The molecule has 1 fully saturated rings. The van der Waals surface area contributed by atoms with Crippen LogP contribution < -0.4 is 10.2 Å². The van der Waals surface area contributed by atoms with Crippen molar-refractivity contribution in [2.75, 3.05) is 31.2 Å². The molecule has 27 heavy (non-hydrogen) atoms. The first-order valence-electron chi connectivity index (χ1n) is 9.25. The first-order chi connectivity index (χ1) is 13.0. The van der Waals surface area contributed by atoms with Gasteiger partial charge in [0.2, 0.25) is 11.8 Å². The van der Waals surface area contributed by atoms with E-state index in [9.17, 15) is 9.59 Å². The van der Waals surface area contributed by atoms with Gasteiger partial charge in [0, 0.05) is 37.6 Å². The van der Waals surface area contributed by atoms with E-state index in [1.807, 2.05) is 44.3 Å². The molecule has 1 aromatic carbocycles. The number of aryl methyl sites for hydroxylation is 2. The van der Waals surface area contributed by atoms with Gasteiger partial charge in [-0.1, -0.05) is 6.07 Å². The van der Waals surface area contributed by atoms with E-state index >= 15 is 0 Å². The fourth-order valence-corrected chi connectivity index (χ4v) is 3.11. The maximum Gasteiger partial charge on any atom is 0.227 e. The van der Waals surface area contributed by atoms with Gasteiger partial charge in [0.25, 0.3) is 0 Å². The lowest BCUT2D eigenvalue weighted by molar-refractivity contribution is -0.126. The normalized spacial score (nSPS) is 16.7. The van der Waals surface area contributed by atoms with Crippen molar-refractivity contribution in [3.8, 4) is 0 Å². The van der Waals surface area contributed by atoms with Gasteiger partial charge < -0.3 is 15.0 Å². The highest BCUT2D eigenvalue weighted by atomic mass is 16.5. The SMILES string of the molecule is Cc1ccc(N2C[C@H](C(=O)NCCOCCn3cccn3)CC2=O)cc1C. The van der Waals surface area contributed by atoms with Gasteiger partial charge in [-0.15, -0.1) is 0 Å². The number of nitrogens with one attached hydrogen (secondary N) is 1. The van der Waals surface area contributed by atoms with Crippen molar-refractivity contribution >= 4 is 17.5 Å². The molecule has 2 aromatic rings. The van der Waals surface area contributed by atoms with E-state index in [2.05, 4.69) is 10.4 Å². The van der Waals surface area contributed by atoms with Crippen molar-refractivity contribution in [2.45, 2.75) is 26.8 Å². The van der Waals surface area contributed by atoms with E-state index < -0.39 is 0 Å². The fraction of sp³-hybridized carbons (Fsp3) is 0.450. The second kappa shape index (κ2) is 8.81. The maximum atomic E-state index is 12.3. The van der Waals surface area contributed by atoms with Crippen LogP contribution in [0.1, 0.15) is 17.5 Å². The predicted molar refractivity (Wildman–Crippen MR) is 102 cm³/mol. The Hall–Kier alpha value is -2.67. The first kappa shape index (κ1) is 19.1. The second-order valence-electron chi connectivity index (χ2n) is 6.85. The molecule has 1 aromatic heterocycles. The van der Waals surface area contributed by atoms with E-state index in [0.29, 0.717) is 32.8 Å². The largest absolute Gasteiger partial charge is 0.378 e. The number of rotatable bonds is 8. The van der Waals surface area contributed by atoms with Crippen molar-refractivity contribution in [1.29, 1.82) is 0 Å². The van der Waals surface area contributed by atoms with Crippen molar-refractivity contribution < 1.29 is 14.3 Å². The zero-order valence-electron chi connectivity index (χ0n) is 15.9. The molecule has 7 nitrogen and oxygen atoms in total. The zero-order chi connectivity index (χ0) is 19.2. The number of anilines is 1. The summed E-state index contributed by atoms with van der Waals surface area (Å²) in [7, 11) is 0. The van der Waals surface area contributed by atoms with Crippen LogP contribution in [0.25, 0.3) is 0 Å². The highest BCUT2D eigenvalue weighted by molar-refractivity contribution is 6.00. The van der Waals surface area contributed by atoms with Gasteiger partial charge in [0.1, 0.15) is 0 Å². The molecule has 1 aliphatic rings. The zero-order valence-corrected chi connectivity index (χ0v) is 15.9. The summed E-state index contributed by atoms with van der Waals surface area (Å²) in [4.78, 5) is 26.4. The average Bonchev–Trinajstić information content (AvgIpc) is 3.30. The molecule has 0 unspecified atom stereocenters. The number of carbonyl (C=O) groups is 2. The van der Waals surface area contributed by atoms with Gasteiger partial charge in [-0.05, 0) is 43.2 Å². The van der Waals surface area contributed by atoms with E-state index in [0.717, 1.165) is 11.3 Å². The van der Waals surface area contributed by atoms with Crippen LogP contribution in [0.5, 0.6) is 0 Å². The topological polar surface area (TPSA) is 76.5 Å². The van der Waals surface area contributed by atoms with Gasteiger partial charge in [-0.2, -0.15) is 5.10 Å². The second-order valence-corrected chi connectivity index (χ2v) is 6.85. The molecular weight excluding hydrogens is 344 g/mol. The third kappa shape index (κ3) is 4.95. The first-order valence-corrected chi connectivity index (χ1v) is 9.25. The number of aromatic nitrogens is 2. The number of carbonyl (C=O) groups excluding carboxylic acids is 2. The maximum absolute atomic E-state index is 12.3. The molecule has 0 radical (unpaired) electrons. The minimum Gasteiger partial charge on any atom is -0.378 e. The lowest BCUT2D eigenvalue weighted by Gasteiger charge is -2.18. The Morgan fingerprint density at radius 1 is 1.30 bits per heavy atom. The van der Waals surface area contributed by atoms with Crippen molar-refractivity contribution in [3.05, 3.63) is 47.8 Å². The quantitative estimate of drug-likeness (QED) is 0.718. The van der Waals surface area contributed by atoms with Crippen LogP contribution in [0.15, 0.2) is 36.7 Å². The third-order valence-electron chi connectivity index (χ3n) is 4.87. The molecule has 0 saturated carbocycles. The van der Waals surface area contributed by atoms with E-state index in [-0.39, 0.29) is 24.2 Å². The third-order valence-corrected chi connectivity index (χ3v) is 4.87. The number of hydrogen-bond donors (Lipinski definition) is 1. The molecule has 2 amide bonds. The Morgan fingerprint density at radius 3 is 2.89 bits per heavy atom. The van der Waals surface area contributed by atoms with Gasteiger partial charge in [0.15, 0.2) is 0 Å². The van der Waals surface area contributed by atoms with Crippen LogP contribution in [0.3, 0.4) is 0 Å². The summed E-state index contributed by atoms with van der Waals surface area (Å²) in [5.74, 6) is -0.414. The summed E-state index contributed by atoms with van der Waals surface area (Å²) in [6.07, 6.45) is 3.85. The number of ether oxygens (including phenoxy) is 1.